The van der Waals surface area contributed by atoms with Gasteiger partial charge in [-0.2, -0.15) is 0 Å². The molecule has 0 aliphatic rings. The third-order valence-corrected chi connectivity index (χ3v) is 2.75. The van der Waals surface area contributed by atoms with Crippen LogP contribution in [0.15, 0.2) is 23.0 Å². The molecule has 0 radical (unpaired) electrons. The summed E-state index contributed by atoms with van der Waals surface area (Å²) in [6, 6.07) is 4.55. The van der Waals surface area contributed by atoms with E-state index in [1.165, 1.54) is 20.3 Å². The van der Waals surface area contributed by atoms with Crippen LogP contribution in [0.5, 0.6) is 11.5 Å². The second-order valence-corrected chi connectivity index (χ2v) is 3.95. The summed E-state index contributed by atoms with van der Waals surface area (Å²) in [5.74, 6) is -0.143. The lowest BCUT2D eigenvalue weighted by molar-refractivity contribution is -0.136. The first-order valence-electron chi connectivity index (χ1n) is 5.55. The summed E-state index contributed by atoms with van der Waals surface area (Å²) in [5.41, 5.74) is 0.447. The van der Waals surface area contributed by atoms with E-state index in [9.17, 15) is 9.59 Å². The first kappa shape index (κ1) is 12.9. The van der Waals surface area contributed by atoms with Gasteiger partial charge in [0, 0.05) is 11.8 Å². The molecule has 0 fully saturated rings. The van der Waals surface area contributed by atoms with Gasteiger partial charge in [0.05, 0.1) is 31.5 Å². The molecule has 2 aromatic rings. The summed E-state index contributed by atoms with van der Waals surface area (Å²) in [6.45, 7) is 0. The van der Waals surface area contributed by atoms with E-state index in [1.807, 2.05) is 0 Å². The summed E-state index contributed by atoms with van der Waals surface area (Å²) >= 11 is 0. The van der Waals surface area contributed by atoms with E-state index in [2.05, 4.69) is 4.98 Å². The number of nitrogens with one attached hydrogen (secondary N) is 1. The van der Waals surface area contributed by atoms with E-state index in [0.29, 0.717) is 28.1 Å². The average molecular weight is 263 g/mol. The minimum absolute atomic E-state index is 0.258. The smallest absolute Gasteiger partial charge is 0.309 e. The standard InChI is InChI=1S/C13H13NO5/c1-18-9-3-4-10(19-2)13-12(9)8(15)5-7(14-13)6-11(16)17/h3-5H,6H2,1-2H3,(H,14,15)(H,16,17). The summed E-state index contributed by atoms with van der Waals surface area (Å²) in [4.78, 5) is 25.7. The molecular formula is C13H13NO5. The zero-order valence-corrected chi connectivity index (χ0v) is 10.5. The third kappa shape index (κ3) is 2.37. The zero-order chi connectivity index (χ0) is 14.0. The summed E-state index contributed by atoms with van der Waals surface area (Å²) in [7, 11) is 2.94. The Morgan fingerprint density at radius 3 is 2.47 bits per heavy atom. The Bertz CT molecular complexity index is 689. The predicted molar refractivity (Wildman–Crippen MR) is 69.0 cm³/mol. The first-order chi connectivity index (χ1) is 9.06. The fourth-order valence-corrected chi connectivity index (χ4v) is 1.96. The van der Waals surface area contributed by atoms with Crippen molar-refractivity contribution in [3.05, 3.63) is 34.1 Å². The van der Waals surface area contributed by atoms with Crippen molar-refractivity contribution in [2.24, 2.45) is 0 Å². The lowest BCUT2D eigenvalue weighted by Crippen LogP contribution is -2.10. The van der Waals surface area contributed by atoms with Crippen LogP contribution < -0.4 is 14.9 Å². The van der Waals surface area contributed by atoms with Crippen molar-refractivity contribution in [1.29, 1.82) is 0 Å². The number of aromatic nitrogens is 1. The van der Waals surface area contributed by atoms with Crippen LogP contribution in [-0.4, -0.2) is 30.3 Å². The van der Waals surface area contributed by atoms with Crippen molar-refractivity contribution in [3.8, 4) is 11.5 Å². The molecule has 6 heteroatoms. The number of carbonyl (C=O) groups is 1. The quantitative estimate of drug-likeness (QED) is 0.864. The van der Waals surface area contributed by atoms with E-state index in [-0.39, 0.29) is 11.8 Å². The molecule has 0 aliphatic carbocycles. The van der Waals surface area contributed by atoms with E-state index in [1.54, 1.807) is 12.1 Å². The monoisotopic (exact) mass is 263 g/mol. The largest absolute Gasteiger partial charge is 0.496 e. The molecule has 0 bridgehead atoms. The summed E-state index contributed by atoms with van der Waals surface area (Å²) in [6.07, 6.45) is -0.258. The minimum Gasteiger partial charge on any atom is -0.496 e. The second-order valence-electron chi connectivity index (χ2n) is 3.95. The van der Waals surface area contributed by atoms with Gasteiger partial charge >= 0.3 is 5.97 Å². The predicted octanol–water partition coefficient (Wildman–Crippen LogP) is 1.17. The fraction of sp³-hybridized carbons (Fsp3) is 0.231. The number of rotatable bonds is 4. The van der Waals surface area contributed by atoms with E-state index in [4.69, 9.17) is 14.6 Å². The number of hydrogen-bond donors (Lipinski definition) is 2. The molecule has 6 nitrogen and oxygen atoms in total. The van der Waals surface area contributed by atoms with E-state index in [0.717, 1.165) is 0 Å². The van der Waals surface area contributed by atoms with Crippen molar-refractivity contribution in [3.63, 3.8) is 0 Å². The Hall–Kier alpha value is -2.50. The summed E-state index contributed by atoms with van der Waals surface area (Å²) in [5, 5.41) is 9.12. The molecule has 2 rings (SSSR count). The summed E-state index contributed by atoms with van der Waals surface area (Å²) < 4.78 is 10.3. The molecule has 2 N–H and O–H groups in total. The van der Waals surface area contributed by atoms with Gasteiger partial charge in [0.2, 0.25) is 0 Å². The Kier molecular flexibility index (Phi) is 3.41. The normalized spacial score (nSPS) is 10.4. The minimum atomic E-state index is -1.02. The maximum Gasteiger partial charge on any atom is 0.309 e. The number of methoxy groups -OCH3 is 2. The molecule has 1 aromatic heterocycles. The number of carboxylic acids is 1. The molecule has 100 valence electrons. The number of carboxylic acid groups (broad SMARTS) is 1. The maximum absolute atomic E-state index is 12.1. The van der Waals surface area contributed by atoms with Gasteiger partial charge in [-0.05, 0) is 12.1 Å². The van der Waals surface area contributed by atoms with Crippen LogP contribution in [0.4, 0.5) is 0 Å². The number of benzene rings is 1. The van der Waals surface area contributed by atoms with Crippen LogP contribution in [0.2, 0.25) is 0 Å². The van der Waals surface area contributed by atoms with E-state index >= 15 is 0 Å². The van der Waals surface area contributed by atoms with Crippen molar-refractivity contribution < 1.29 is 19.4 Å². The number of aliphatic carboxylic acids is 1. The van der Waals surface area contributed by atoms with Crippen LogP contribution in [0.3, 0.4) is 0 Å². The SMILES string of the molecule is COc1ccc(OC)c2c(=O)cc(CC(=O)O)[nH]c12. The van der Waals surface area contributed by atoms with Crippen LogP contribution in [0.25, 0.3) is 10.9 Å². The second kappa shape index (κ2) is 5.01. The number of hydrogen-bond acceptors (Lipinski definition) is 4. The maximum atomic E-state index is 12.1. The van der Waals surface area contributed by atoms with Crippen LogP contribution in [-0.2, 0) is 11.2 Å². The van der Waals surface area contributed by atoms with Gasteiger partial charge in [0.15, 0.2) is 5.43 Å². The number of H-pyrrole nitrogens is 1. The lowest BCUT2D eigenvalue weighted by Gasteiger charge is -2.10. The Balaban J connectivity index is 2.78. The molecule has 1 heterocycles. The molecule has 0 unspecified atom stereocenters. The van der Waals surface area contributed by atoms with Gasteiger partial charge in [-0.3, -0.25) is 9.59 Å². The molecule has 0 saturated carbocycles. The van der Waals surface area contributed by atoms with Crippen molar-refractivity contribution in [1.82, 2.24) is 4.98 Å². The number of aromatic amines is 1. The number of fused-ring (bicyclic) bond motifs is 1. The highest BCUT2D eigenvalue weighted by Crippen LogP contribution is 2.29. The Morgan fingerprint density at radius 2 is 1.89 bits per heavy atom. The van der Waals surface area contributed by atoms with Crippen LogP contribution in [0, 0.1) is 0 Å². The molecule has 0 amide bonds. The van der Waals surface area contributed by atoms with Crippen molar-refractivity contribution in [2.45, 2.75) is 6.42 Å². The molecule has 0 saturated heterocycles. The van der Waals surface area contributed by atoms with Crippen molar-refractivity contribution >= 4 is 16.9 Å². The zero-order valence-electron chi connectivity index (χ0n) is 10.5. The molecule has 0 spiro atoms. The lowest BCUT2D eigenvalue weighted by atomic mass is 10.1. The number of ether oxygens (including phenoxy) is 2. The Morgan fingerprint density at radius 1 is 1.26 bits per heavy atom. The van der Waals surface area contributed by atoms with Gasteiger partial charge in [-0.25, -0.2) is 0 Å². The molecule has 0 aliphatic heterocycles. The van der Waals surface area contributed by atoms with Gasteiger partial charge < -0.3 is 19.6 Å². The third-order valence-electron chi connectivity index (χ3n) is 2.75. The topological polar surface area (TPSA) is 88.6 Å². The van der Waals surface area contributed by atoms with Gasteiger partial charge in [0.25, 0.3) is 0 Å². The van der Waals surface area contributed by atoms with Crippen LogP contribution >= 0.6 is 0 Å². The first-order valence-corrected chi connectivity index (χ1v) is 5.55. The van der Waals surface area contributed by atoms with Gasteiger partial charge in [-0.15, -0.1) is 0 Å². The van der Waals surface area contributed by atoms with Gasteiger partial charge in [-0.1, -0.05) is 0 Å². The molecule has 19 heavy (non-hydrogen) atoms. The highest BCUT2D eigenvalue weighted by molar-refractivity contribution is 5.90. The van der Waals surface area contributed by atoms with E-state index < -0.39 is 5.97 Å². The molecule has 0 atom stereocenters. The number of pyridine rings is 1. The molecule has 1 aromatic carbocycles. The van der Waals surface area contributed by atoms with Gasteiger partial charge in [0.1, 0.15) is 11.5 Å². The van der Waals surface area contributed by atoms with Crippen LogP contribution in [0.1, 0.15) is 5.69 Å². The fourth-order valence-electron chi connectivity index (χ4n) is 1.96. The highest BCUT2D eigenvalue weighted by Gasteiger charge is 2.13. The van der Waals surface area contributed by atoms with Crippen molar-refractivity contribution in [2.75, 3.05) is 14.2 Å². The highest BCUT2D eigenvalue weighted by atomic mass is 16.5. The molecular weight excluding hydrogens is 250 g/mol. The average Bonchev–Trinajstić information content (AvgIpc) is 2.36. The Labute approximate surface area is 108 Å².